The molecule has 0 saturated carbocycles. The number of ether oxygens (including phenoxy) is 1. The Bertz CT molecular complexity index is 493. The Morgan fingerprint density at radius 1 is 1.41 bits per heavy atom. The number of amides is 1. The summed E-state index contributed by atoms with van der Waals surface area (Å²) < 4.78 is 9.68. The van der Waals surface area contributed by atoms with E-state index in [0.29, 0.717) is 12.3 Å². The van der Waals surface area contributed by atoms with Gasteiger partial charge in [-0.2, -0.15) is 0 Å². The number of aromatic nitrogens is 1. The van der Waals surface area contributed by atoms with Crippen molar-refractivity contribution in [3.05, 3.63) is 47.7 Å². The normalized spacial score (nSPS) is 9.94. The maximum Gasteiger partial charge on any atom is 0.414 e. The van der Waals surface area contributed by atoms with Gasteiger partial charge < -0.3 is 14.6 Å². The summed E-state index contributed by atoms with van der Waals surface area (Å²) in [6.45, 7) is 2.14. The molecule has 2 aromatic rings. The van der Waals surface area contributed by atoms with Gasteiger partial charge in [-0.25, -0.2) is 4.79 Å². The highest BCUT2D eigenvalue weighted by molar-refractivity contribution is 5.69. The van der Waals surface area contributed by atoms with Crippen LogP contribution < -0.4 is 10.1 Å². The van der Waals surface area contributed by atoms with Crippen LogP contribution >= 0.6 is 0 Å². The summed E-state index contributed by atoms with van der Waals surface area (Å²) in [5.74, 6) is 0.754. The minimum atomic E-state index is -0.554. The highest BCUT2D eigenvalue weighted by Crippen LogP contribution is 2.09. The van der Waals surface area contributed by atoms with Gasteiger partial charge in [0.05, 0.1) is 0 Å². The van der Waals surface area contributed by atoms with Crippen LogP contribution in [0.4, 0.5) is 4.79 Å². The molecule has 5 nitrogen and oxygen atoms in total. The summed E-state index contributed by atoms with van der Waals surface area (Å²) in [5, 5.41) is 6.17. The number of rotatable bonds is 3. The Hall–Kier alpha value is -2.30. The van der Waals surface area contributed by atoms with E-state index < -0.39 is 6.09 Å². The molecule has 0 radical (unpaired) electrons. The molecule has 88 valence electrons. The van der Waals surface area contributed by atoms with Gasteiger partial charge >= 0.3 is 6.09 Å². The van der Waals surface area contributed by atoms with Gasteiger partial charge in [-0.1, -0.05) is 30.3 Å². The molecule has 0 aliphatic carbocycles. The summed E-state index contributed by atoms with van der Waals surface area (Å²) in [6.07, 6.45) is -0.554. The standard InChI is InChI=1S/C12H12N2O3/c1-9-7-11(14-17-9)16-12(15)13-8-10-5-3-2-4-6-10/h2-7H,8H2,1H3,(H,13,15). The van der Waals surface area contributed by atoms with Crippen molar-refractivity contribution in [2.45, 2.75) is 13.5 Å². The predicted octanol–water partition coefficient (Wildman–Crippen LogP) is 2.27. The van der Waals surface area contributed by atoms with Crippen LogP contribution in [0, 0.1) is 6.92 Å². The molecule has 5 heteroatoms. The molecule has 0 aliphatic rings. The molecule has 0 unspecified atom stereocenters. The first kappa shape index (κ1) is 11.2. The molecule has 0 atom stereocenters. The van der Waals surface area contributed by atoms with E-state index in [0.717, 1.165) is 5.56 Å². The fourth-order valence-corrected chi connectivity index (χ4v) is 1.29. The van der Waals surface area contributed by atoms with Crippen LogP contribution in [0.5, 0.6) is 5.88 Å². The number of hydrogen-bond acceptors (Lipinski definition) is 4. The van der Waals surface area contributed by atoms with Crippen molar-refractivity contribution in [3.63, 3.8) is 0 Å². The Morgan fingerprint density at radius 3 is 2.82 bits per heavy atom. The largest absolute Gasteiger partial charge is 0.414 e. The van der Waals surface area contributed by atoms with Crippen molar-refractivity contribution in [2.75, 3.05) is 0 Å². The smallest absolute Gasteiger partial charge is 0.388 e. The van der Waals surface area contributed by atoms with Gasteiger partial charge in [0.25, 0.3) is 5.88 Å². The number of carbonyl (C=O) groups excluding carboxylic acids is 1. The fraction of sp³-hybridized carbons (Fsp3) is 0.167. The monoisotopic (exact) mass is 232 g/mol. The minimum absolute atomic E-state index is 0.160. The molecule has 0 bridgehead atoms. The zero-order valence-electron chi connectivity index (χ0n) is 9.34. The minimum Gasteiger partial charge on any atom is -0.388 e. The number of benzene rings is 1. The molecule has 1 N–H and O–H groups in total. The maximum atomic E-state index is 11.4. The highest BCUT2D eigenvalue weighted by Gasteiger charge is 2.07. The number of nitrogens with zero attached hydrogens (tertiary/aromatic N) is 1. The summed E-state index contributed by atoms with van der Waals surface area (Å²) in [6, 6.07) is 11.1. The van der Waals surface area contributed by atoms with Crippen LogP contribution in [0.15, 0.2) is 40.9 Å². The maximum absolute atomic E-state index is 11.4. The molecule has 0 aliphatic heterocycles. The van der Waals surface area contributed by atoms with E-state index >= 15 is 0 Å². The molecule has 0 fully saturated rings. The van der Waals surface area contributed by atoms with Crippen molar-refractivity contribution in [1.29, 1.82) is 0 Å². The van der Waals surface area contributed by atoms with Gasteiger partial charge in [0.15, 0.2) is 0 Å². The molecule has 2 rings (SSSR count). The van der Waals surface area contributed by atoms with E-state index in [9.17, 15) is 4.79 Å². The molecule has 1 amide bonds. The summed E-state index contributed by atoms with van der Waals surface area (Å²) >= 11 is 0. The first-order valence-electron chi connectivity index (χ1n) is 5.17. The fourth-order valence-electron chi connectivity index (χ4n) is 1.29. The molecule has 0 spiro atoms. The van der Waals surface area contributed by atoms with Crippen LogP contribution in [0.25, 0.3) is 0 Å². The Morgan fingerprint density at radius 2 is 2.18 bits per heavy atom. The second-order valence-electron chi connectivity index (χ2n) is 3.50. The van der Waals surface area contributed by atoms with E-state index in [2.05, 4.69) is 10.5 Å². The third-order valence-electron chi connectivity index (χ3n) is 2.08. The van der Waals surface area contributed by atoms with Crippen molar-refractivity contribution in [1.82, 2.24) is 10.5 Å². The van der Waals surface area contributed by atoms with Crippen molar-refractivity contribution in [2.24, 2.45) is 0 Å². The molecule has 1 aromatic carbocycles. The van der Waals surface area contributed by atoms with E-state index in [1.807, 2.05) is 30.3 Å². The first-order chi connectivity index (χ1) is 8.24. The van der Waals surface area contributed by atoms with Crippen LogP contribution in [0.3, 0.4) is 0 Å². The van der Waals surface area contributed by atoms with Crippen molar-refractivity contribution < 1.29 is 14.1 Å². The SMILES string of the molecule is Cc1cc(OC(=O)NCc2ccccc2)no1. The number of carbonyl (C=O) groups is 1. The Labute approximate surface area is 98.4 Å². The van der Waals surface area contributed by atoms with E-state index in [1.54, 1.807) is 13.0 Å². The quantitative estimate of drug-likeness (QED) is 0.881. The molecule has 1 heterocycles. The third-order valence-corrected chi connectivity index (χ3v) is 2.08. The number of nitrogens with one attached hydrogen (secondary N) is 1. The predicted molar refractivity (Wildman–Crippen MR) is 60.5 cm³/mol. The van der Waals surface area contributed by atoms with Gasteiger partial charge in [-0.3, -0.25) is 0 Å². The lowest BCUT2D eigenvalue weighted by atomic mass is 10.2. The molecular weight excluding hydrogens is 220 g/mol. The summed E-state index contributed by atoms with van der Waals surface area (Å²) in [7, 11) is 0. The molecular formula is C12H12N2O3. The number of hydrogen-bond donors (Lipinski definition) is 1. The Balaban J connectivity index is 1.82. The van der Waals surface area contributed by atoms with Gasteiger partial charge in [0.1, 0.15) is 5.76 Å². The lowest BCUT2D eigenvalue weighted by Crippen LogP contribution is -2.26. The second kappa shape index (κ2) is 5.16. The topological polar surface area (TPSA) is 64.4 Å². The van der Waals surface area contributed by atoms with Gasteiger partial charge in [-0.05, 0) is 17.6 Å². The van der Waals surface area contributed by atoms with Crippen LogP contribution in [0.2, 0.25) is 0 Å². The average molecular weight is 232 g/mol. The van der Waals surface area contributed by atoms with Gasteiger partial charge in [0, 0.05) is 12.6 Å². The summed E-state index contributed by atoms with van der Waals surface area (Å²) in [5.41, 5.74) is 1.00. The summed E-state index contributed by atoms with van der Waals surface area (Å²) in [4.78, 5) is 11.4. The van der Waals surface area contributed by atoms with Crippen LogP contribution in [0.1, 0.15) is 11.3 Å². The van der Waals surface area contributed by atoms with E-state index in [1.165, 1.54) is 0 Å². The van der Waals surface area contributed by atoms with Gasteiger partial charge in [0.2, 0.25) is 0 Å². The highest BCUT2D eigenvalue weighted by atomic mass is 16.6. The lowest BCUT2D eigenvalue weighted by molar-refractivity contribution is 0.195. The third kappa shape index (κ3) is 3.34. The van der Waals surface area contributed by atoms with E-state index in [4.69, 9.17) is 9.26 Å². The van der Waals surface area contributed by atoms with Crippen molar-refractivity contribution >= 4 is 6.09 Å². The molecule has 1 aromatic heterocycles. The first-order valence-corrected chi connectivity index (χ1v) is 5.17. The lowest BCUT2D eigenvalue weighted by Gasteiger charge is -2.03. The molecule has 17 heavy (non-hydrogen) atoms. The van der Waals surface area contributed by atoms with Crippen LogP contribution in [-0.2, 0) is 6.54 Å². The second-order valence-corrected chi connectivity index (χ2v) is 3.50. The van der Waals surface area contributed by atoms with E-state index in [-0.39, 0.29) is 5.88 Å². The number of aryl methyl sites for hydroxylation is 1. The zero-order chi connectivity index (χ0) is 12.1. The van der Waals surface area contributed by atoms with Crippen LogP contribution in [-0.4, -0.2) is 11.2 Å². The average Bonchev–Trinajstić information content (AvgIpc) is 2.73. The zero-order valence-corrected chi connectivity index (χ0v) is 9.34. The Kier molecular flexibility index (Phi) is 3.40. The van der Waals surface area contributed by atoms with Gasteiger partial charge in [-0.15, -0.1) is 0 Å². The van der Waals surface area contributed by atoms with Crippen molar-refractivity contribution in [3.8, 4) is 5.88 Å². The molecule has 0 saturated heterocycles.